The zero-order valence-corrected chi connectivity index (χ0v) is 11.0. The molecule has 0 bridgehead atoms. The van der Waals surface area contributed by atoms with Gasteiger partial charge in [-0.05, 0) is 19.1 Å². The molecule has 0 aliphatic heterocycles. The summed E-state index contributed by atoms with van der Waals surface area (Å²) >= 11 is 0. The lowest BCUT2D eigenvalue weighted by Gasteiger charge is -2.21. The Morgan fingerprint density at radius 2 is 2.06 bits per heavy atom. The molecule has 0 saturated heterocycles. The van der Waals surface area contributed by atoms with E-state index in [1.807, 2.05) is 13.8 Å². The highest BCUT2D eigenvalue weighted by Gasteiger charge is 2.22. The number of carboxylic acid groups (broad SMARTS) is 1. The van der Waals surface area contributed by atoms with E-state index in [-0.39, 0.29) is 18.2 Å². The van der Waals surface area contributed by atoms with Gasteiger partial charge in [0.2, 0.25) is 0 Å². The first kappa shape index (κ1) is 14.3. The number of carbonyl (C=O) groups excluding carboxylic acids is 1. The third-order valence-electron chi connectivity index (χ3n) is 2.81. The van der Waals surface area contributed by atoms with Crippen LogP contribution in [-0.2, 0) is 11.2 Å². The lowest BCUT2D eigenvalue weighted by molar-refractivity contribution is -0.141. The molecule has 5 heteroatoms. The average Bonchev–Trinajstić information content (AvgIpc) is 2.83. The number of aryl methyl sites for hydroxylation is 1. The molecule has 1 atom stereocenters. The van der Waals surface area contributed by atoms with Crippen molar-refractivity contribution in [3.8, 4) is 0 Å². The molecular formula is C13H19NO4. The molecular weight excluding hydrogens is 234 g/mol. The Labute approximate surface area is 106 Å². The molecule has 0 aromatic carbocycles. The summed E-state index contributed by atoms with van der Waals surface area (Å²) in [5, 5.41) is 8.86. The maximum Gasteiger partial charge on any atom is 0.308 e. The third kappa shape index (κ3) is 3.35. The summed E-state index contributed by atoms with van der Waals surface area (Å²) in [6.45, 7) is 5.98. The summed E-state index contributed by atoms with van der Waals surface area (Å²) in [4.78, 5) is 24.4. The van der Waals surface area contributed by atoms with Crippen molar-refractivity contribution < 1.29 is 19.1 Å². The average molecular weight is 253 g/mol. The highest BCUT2D eigenvalue weighted by molar-refractivity contribution is 5.91. The van der Waals surface area contributed by atoms with Crippen molar-refractivity contribution in [1.29, 1.82) is 0 Å². The van der Waals surface area contributed by atoms with Crippen molar-refractivity contribution in [2.75, 3.05) is 13.1 Å². The van der Waals surface area contributed by atoms with Gasteiger partial charge in [-0.25, -0.2) is 0 Å². The molecule has 1 unspecified atom stereocenters. The molecule has 0 spiro atoms. The van der Waals surface area contributed by atoms with Crippen LogP contribution in [0.15, 0.2) is 16.5 Å². The van der Waals surface area contributed by atoms with Gasteiger partial charge in [-0.1, -0.05) is 13.8 Å². The number of aliphatic carboxylic acids is 1. The number of furan rings is 1. The van der Waals surface area contributed by atoms with Crippen LogP contribution in [0.1, 0.15) is 37.1 Å². The van der Waals surface area contributed by atoms with E-state index >= 15 is 0 Å². The Hall–Kier alpha value is -1.78. The van der Waals surface area contributed by atoms with Crippen LogP contribution >= 0.6 is 0 Å². The minimum Gasteiger partial charge on any atom is -0.481 e. The second-order valence-corrected chi connectivity index (χ2v) is 4.20. The normalized spacial score (nSPS) is 12.2. The molecule has 5 nitrogen and oxygen atoms in total. The number of carboxylic acids is 1. The molecule has 0 radical (unpaired) electrons. The number of carbonyl (C=O) groups is 2. The number of hydrogen-bond donors (Lipinski definition) is 1. The maximum absolute atomic E-state index is 12.1. The third-order valence-corrected chi connectivity index (χ3v) is 2.81. The minimum absolute atomic E-state index is 0.187. The lowest BCUT2D eigenvalue weighted by atomic mass is 10.1. The molecule has 18 heavy (non-hydrogen) atoms. The van der Waals surface area contributed by atoms with Crippen LogP contribution < -0.4 is 0 Å². The van der Waals surface area contributed by atoms with Crippen molar-refractivity contribution in [2.45, 2.75) is 27.2 Å². The fourth-order valence-corrected chi connectivity index (χ4v) is 1.60. The Kier molecular flexibility index (Phi) is 4.95. The van der Waals surface area contributed by atoms with E-state index in [1.165, 1.54) is 4.90 Å². The van der Waals surface area contributed by atoms with E-state index in [2.05, 4.69) is 0 Å². The predicted octanol–water partition coefficient (Wildman–Crippen LogP) is 2.02. The Morgan fingerprint density at radius 1 is 1.39 bits per heavy atom. The Morgan fingerprint density at radius 3 is 2.50 bits per heavy atom. The number of rotatable bonds is 6. The van der Waals surface area contributed by atoms with Gasteiger partial charge < -0.3 is 14.4 Å². The lowest BCUT2D eigenvalue weighted by Crippen LogP contribution is -2.36. The van der Waals surface area contributed by atoms with Crippen LogP contribution in [-0.4, -0.2) is 35.0 Å². The molecule has 1 N–H and O–H groups in total. The van der Waals surface area contributed by atoms with Crippen LogP contribution in [0.5, 0.6) is 0 Å². The first-order valence-corrected chi connectivity index (χ1v) is 6.10. The standard InChI is InChI=1S/C13H19NO4/c1-4-10-6-7-11(18-10)12(15)14(5-2)8-9(3)13(16)17/h6-7,9H,4-5,8H2,1-3H3,(H,16,17). The quantitative estimate of drug-likeness (QED) is 0.842. The largest absolute Gasteiger partial charge is 0.481 e. The van der Waals surface area contributed by atoms with Gasteiger partial charge in [0.1, 0.15) is 5.76 Å². The SMILES string of the molecule is CCc1ccc(C(=O)N(CC)CC(C)C(=O)O)o1. The summed E-state index contributed by atoms with van der Waals surface area (Å²) in [5.74, 6) is -0.735. The summed E-state index contributed by atoms with van der Waals surface area (Å²) < 4.78 is 5.38. The summed E-state index contributed by atoms with van der Waals surface area (Å²) in [5.41, 5.74) is 0. The van der Waals surface area contributed by atoms with E-state index in [0.717, 1.165) is 12.2 Å². The predicted molar refractivity (Wildman–Crippen MR) is 66.5 cm³/mol. The van der Waals surface area contributed by atoms with Gasteiger partial charge >= 0.3 is 5.97 Å². The Balaban J connectivity index is 2.75. The van der Waals surface area contributed by atoms with Crippen molar-refractivity contribution in [3.05, 3.63) is 23.7 Å². The second kappa shape index (κ2) is 6.23. The van der Waals surface area contributed by atoms with Gasteiger partial charge in [-0.2, -0.15) is 0 Å². The summed E-state index contributed by atoms with van der Waals surface area (Å²) in [6, 6.07) is 3.40. The van der Waals surface area contributed by atoms with E-state index in [9.17, 15) is 9.59 Å². The van der Waals surface area contributed by atoms with Crippen LogP contribution in [0.4, 0.5) is 0 Å². The number of hydrogen-bond acceptors (Lipinski definition) is 3. The van der Waals surface area contributed by atoms with Crippen molar-refractivity contribution in [3.63, 3.8) is 0 Å². The monoisotopic (exact) mass is 253 g/mol. The molecule has 100 valence electrons. The topological polar surface area (TPSA) is 70.8 Å². The van der Waals surface area contributed by atoms with E-state index < -0.39 is 11.9 Å². The zero-order chi connectivity index (χ0) is 13.7. The Bertz CT molecular complexity index is 424. The molecule has 0 aliphatic rings. The van der Waals surface area contributed by atoms with E-state index in [0.29, 0.717) is 6.54 Å². The molecule has 0 saturated carbocycles. The molecule has 0 aliphatic carbocycles. The highest BCUT2D eigenvalue weighted by Crippen LogP contribution is 2.12. The van der Waals surface area contributed by atoms with Crippen LogP contribution in [0.25, 0.3) is 0 Å². The van der Waals surface area contributed by atoms with E-state index in [1.54, 1.807) is 19.1 Å². The van der Waals surface area contributed by atoms with E-state index in [4.69, 9.17) is 9.52 Å². The van der Waals surface area contributed by atoms with Gasteiger partial charge in [0.05, 0.1) is 5.92 Å². The molecule has 1 aromatic rings. The fraction of sp³-hybridized carbons (Fsp3) is 0.538. The second-order valence-electron chi connectivity index (χ2n) is 4.20. The van der Waals surface area contributed by atoms with Crippen LogP contribution in [0.2, 0.25) is 0 Å². The zero-order valence-electron chi connectivity index (χ0n) is 11.0. The number of amides is 1. The van der Waals surface area contributed by atoms with Gasteiger partial charge in [0, 0.05) is 19.5 Å². The van der Waals surface area contributed by atoms with Gasteiger partial charge in [-0.3, -0.25) is 9.59 Å². The molecule has 0 fully saturated rings. The van der Waals surface area contributed by atoms with Crippen molar-refractivity contribution >= 4 is 11.9 Å². The molecule has 1 amide bonds. The molecule has 1 aromatic heterocycles. The van der Waals surface area contributed by atoms with Crippen molar-refractivity contribution in [2.24, 2.45) is 5.92 Å². The van der Waals surface area contributed by atoms with Crippen LogP contribution in [0.3, 0.4) is 0 Å². The first-order valence-electron chi connectivity index (χ1n) is 6.10. The summed E-state index contributed by atoms with van der Waals surface area (Å²) in [7, 11) is 0. The van der Waals surface area contributed by atoms with Gasteiger partial charge in [0.25, 0.3) is 5.91 Å². The first-order chi connectivity index (χ1) is 8.49. The van der Waals surface area contributed by atoms with Gasteiger partial charge in [0.15, 0.2) is 5.76 Å². The highest BCUT2D eigenvalue weighted by atomic mass is 16.4. The maximum atomic E-state index is 12.1. The number of nitrogens with zero attached hydrogens (tertiary/aromatic N) is 1. The molecule has 1 heterocycles. The smallest absolute Gasteiger partial charge is 0.308 e. The molecule has 1 rings (SSSR count). The fourth-order valence-electron chi connectivity index (χ4n) is 1.60. The minimum atomic E-state index is -0.907. The van der Waals surface area contributed by atoms with Gasteiger partial charge in [-0.15, -0.1) is 0 Å². The van der Waals surface area contributed by atoms with Crippen molar-refractivity contribution in [1.82, 2.24) is 4.90 Å². The summed E-state index contributed by atoms with van der Waals surface area (Å²) in [6.07, 6.45) is 0.727. The van der Waals surface area contributed by atoms with Crippen LogP contribution in [0, 0.1) is 5.92 Å².